The summed E-state index contributed by atoms with van der Waals surface area (Å²) in [6.07, 6.45) is 3.43. The molecule has 1 nitrogen and oxygen atoms in total. The van der Waals surface area contributed by atoms with E-state index in [-0.39, 0.29) is 5.54 Å². The van der Waals surface area contributed by atoms with Crippen LogP contribution in [0.4, 0.5) is 0 Å². The summed E-state index contributed by atoms with van der Waals surface area (Å²) in [4.78, 5) is 0. The highest BCUT2D eigenvalue weighted by Gasteiger charge is 2.21. The fourth-order valence-electron chi connectivity index (χ4n) is 1.96. The largest absolute Gasteiger partial charge is 0.322 e. The summed E-state index contributed by atoms with van der Waals surface area (Å²) < 4.78 is 1.10. The first-order valence-corrected chi connectivity index (χ1v) is 7.05. The van der Waals surface area contributed by atoms with Gasteiger partial charge in [0.15, 0.2) is 0 Å². The molecule has 0 saturated heterocycles. The van der Waals surface area contributed by atoms with Crippen LogP contribution < -0.4 is 5.73 Å². The summed E-state index contributed by atoms with van der Waals surface area (Å²) in [5.41, 5.74) is 7.80. The normalized spacial score (nSPS) is 15.6. The van der Waals surface area contributed by atoms with Crippen LogP contribution in [0, 0.1) is 5.41 Å². The van der Waals surface area contributed by atoms with Crippen molar-refractivity contribution >= 4 is 15.9 Å². The van der Waals surface area contributed by atoms with E-state index in [4.69, 9.17) is 5.73 Å². The lowest BCUT2D eigenvalue weighted by molar-refractivity contribution is 0.328. The first kappa shape index (κ1) is 14.7. The lowest BCUT2D eigenvalue weighted by atomic mass is 9.83. The molecule has 1 aromatic rings. The molecule has 0 heterocycles. The van der Waals surface area contributed by atoms with Crippen molar-refractivity contribution < 1.29 is 0 Å². The molecule has 96 valence electrons. The van der Waals surface area contributed by atoms with Crippen molar-refractivity contribution in [1.82, 2.24) is 0 Å². The fraction of sp³-hybridized carbons (Fsp3) is 0.600. The Kier molecular flexibility index (Phi) is 4.79. The van der Waals surface area contributed by atoms with E-state index in [1.165, 1.54) is 18.4 Å². The Morgan fingerprint density at radius 2 is 1.53 bits per heavy atom. The summed E-state index contributed by atoms with van der Waals surface area (Å²) in [6, 6.07) is 8.34. The number of benzene rings is 1. The Hall–Kier alpha value is -0.340. The molecule has 0 aliphatic rings. The first-order chi connectivity index (χ1) is 7.71. The monoisotopic (exact) mass is 297 g/mol. The molecule has 0 spiro atoms. The van der Waals surface area contributed by atoms with Gasteiger partial charge in [-0.3, -0.25) is 0 Å². The van der Waals surface area contributed by atoms with Crippen LogP contribution in [-0.2, 0) is 5.54 Å². The molecule has 0 amide bonds. The second-order valence-corrected chi connectivity index (χ2v) is 7.25. The SMILES string of the molecule is CC(C)(C)CCCC(C)(N)c1ccc(Br)cc1. The molecule has 0 aromatic heterocycles. The molecule has 0 bridgehead atoms. The predicted octanol–water partition coefficient (Wildman–Crippen LogP) is 4.84. The zero-order valence-electron chi connectivity index (χ0n) is 11.4. The molecule has 1 unspecified atom stereocenters. The van der Waals surface area contributed by atoms with E-state index in [0.29, 0.717) is 5.41 Å². The minimum atomic E-state index is -0.216. The van der Waals surface area contributed by atoms with Crippen LogP contribution in [0.15, 0.2) is 28.7 Å². The van der Waals surface area contributed by atoms with E-state index in [1.807, 2.05) is 0 Å². The summed E-state index contributed by atoms with van der Waals surface area (Å²) in [5.74, 6) is 0. The summed E-state index contributed by atoms with van der Waals surface area (Å²) in [5, 5.41) is 0. The Balaban J connectivity index is 2.59. The second kappa shape index (κ2) is 5.53. The Morgan fingerprint density at radius 3 is 2.00 bits per heavy atom. The van der Waals surface area contributed by atoms with Gasteiger partial charge in [-0.1, -0.05) is 55.3 Å². The molecule has 0 radical (unpaired) electrons. The van der Waals surface area contributed by atoms with Crippen LogP contribution >= 0.6 is 15.9 Å². The molecule has 1 rings (SSSR count). The van der Waals surface area contributed by atoms with E-state index in [9.17, 15) is 0 Å². The maximum Gasteiger partial charge on any atom is 0.0381 e. The van der Waals surface area contributed by atoms with E-state index < -0.39 is 0 Å². The van der Waals surface area contributed by atoms with Gasteiger partial charge in [0.2, 0.25) is 0 Å². The van der Waals surface area contributed by atoms with E-state index >= 15 is 0 Å². The third-order valence-corrected chi connectivity index (χ3v) is 3.66. The van der Waals surface area contributed by atoms with Crippen molar-refractivity contribution in [3.8, 4) is 0 Å². The van der Waals surface area contributed by atoms with Gasteiger partial charge in [-0.25, -0.2) is 0 Å². The minimum Gasteiger partial charge on any atom is -0.322 e. The molecule has 2 heteroatoms. The Labute approximate surface area is 114 Å². The molecular weight excluding hydrogens is 274 g/mol. The van der Waals surface area contributed by atoms with Gasteiger partial charge in [-0.2, -0.15) is 0 Å². The van der Waals surface area contributed by atoms with Gasteiger partial charge >= 0.3 is 0 Å². The Morgan fingerprint density at radius 1 is 1.00 bits per heavy atom. The molecule has 1 aromatic carbocycles. The highest BCUT2D eigenvalue weighted by Crippen LogP contribution is 2.29. The maximum atomic E-state index is 6.40. The van der Waals surface area contributed by atoms with Crippen molar-refractivity contribution in [1.29, 1.82) is 0 Å². The smallest absolute Gasteiger partial charge is 0.0381 e. The third-order valence-electron chi connectivity index (χ3n) is 3.13. The summed E-state index contributed by atoms with van der Waals surface area (Å²) >= 11 is 3.45. The van der Waals surface area contributed by atoms with Crippen LogP contribution in [0.25, 0.3) is 0 Å². The Bertz CT molecular complexity index is 346. The average molecular weight is 298 g/mol. The van der Waals surface area contributed by atoms with Gasteiger partial charge in [0.1, 0.15) is 0 Å². The molecule has 1 atom stereocenters. The molecule has 2 N–H and O–H groups in total. The standard InChI is InChI=1S/C15H24BrN/c1-14(2,3)10-5-11-15(4,17)12-6-8-13(16)9-7-12/h6-9H,5,10-11,17H2,1-4H3. The second-order valence-electron chi connectivity index (χ2n) is 6.34. The van der Waals surface area contributed by atoms with Crippen LogP contribution in [0.5, 0.6) is 0 Å². The van der Waals surface area contributed by atoms with Crippen LogP contribution in [0.3, 0.4) is 0 Å². The van der Waals surface area contributed by atoms with Gasteiger partial charge in [-0.05, 0) is 42.9 Å². The van der Waals surface area contributed by atoms with Crippen LogP contribution in [-0.4, -0.2) is 0 Å². The molecule has 0 aliphatic carbocycles. The number of nitrogens with two attached hydrogens (primary N) is 1. The van der Waals surface area contributed by atoms with Gasteiger partial charge in [-0.15, -0.1) is 0 Å². The van der Waals surface area contributed by atoms with Gasteiger partial charge < -0.3 is 5.73 Å². The maximum absolute atomic E-state index is 6.40. The van der Waals surface area contributed by atoms with Crippen LogP contribution in [0.1, 0.15) is 52.5 Å². The summed E-state index contributed by atoms with van der Waals surface area (Å²) in [7, 11) is 0. The van der Waals surface area contributed by atoms with Crippen molar-refractivity contribution in [3.05, 3.63) is 34.3 Å². The average Bonchev–Trinajstić information content (AvgIpc) is 2.15. The highest BCUT2D eigenvalue weighted by atomic mass is 79.9. The number of hydrogen-bond acceptors (Lipinski definition) is 1. The van der Waals surface area contributed by atoms with Gasteiger partial charge in [0.05, 0.1) is 0 Å². The molecule has 0 fully saturated rings. The van der Waals surface area contributed by atoms with Gasteiger partial charge in [0, 0.05) is 10.0 Å². The van der Waals surface area contributed by atoms with E-state index in [2.05, 4.69) is 67.9 Å². The zero-order valence-corrected chi connectivity index (χ0v) is 13.0. The van der Waals surface area contributed by atoms with E-state index in [1.54, 1.807) is 0 Å². The van der Waals surface area contributed by atoms with Crippen LogP contribution in [0.2, 0.25) is 0 Å². The van der Waals surface area contributed by atoms with Crippen molar-refractivity contribution in [3.63, 3.8) is 0 Å². The quantitative estimate of drug-likeness (QED) is 0.845. The third kappa shape index (κ3) is 5.22. The predicted molar refractivity (Wildman–Crippen MR) is 79.0 cm³/mol. The number of halogens is 1. The lowest BCUT2D eigenvalue weighted by Crippen LogP contribution is -2.33. The molecular formula is C15H24BrN. The topological polar surface area (TPSA) is 26.0 Å². The fourth-order valence-corrected chi connectivity index (χ4v) is 2.23. The van der Waals surface area contributed by atoms with Crippen molar-refractivity contribution in [2.75, 3.05) is 0 Å². The number of rotatable bonds is 4. The minimum absolute atomic E-state index is 0.216. The molecule has 17 heavy (non-hydrogen) atoms. The van der Waals surface area contributed by atoms with Gasteiger partial charge in [0.25, 0.3) is 0 Å². The van der Waals surface area contributed by atoms with E-state index in [0.717, 1.165) is 10.9 Å². The summed E-state index contributed by atoms with van der Waals surface area (Å²) in [6.45, 7) is 8.96. The lowest BCUT2D eigenvalue weighted by Gasteiger charge is -2.27. The first-order valence-electron chi connectivity index (χ1n) is 6.26. The van der Waals surface area contributed by atoms with Crippen molar-refractivity contribution in [2.24, 2.45) is 11.1 Å². The van der Waals surface area contributed by atoms with Crippen molar-refractivity contribution in [2.45, 2.75) is 52.5 Å². The highest BCUT2D eigenvalue weighted by molar-refractivity contribution is 9.10. The number of hydrogen-bond donors (Lipinski definition) is 1. The zero-order chi connectivity index (χ0) is 13.1. The molecule has 0 aliphatic heterocycles. The molecule has 0 saturated carbocycles.